The molecule has 0 aliphatic carbocycles. The fourth-order valence-electron chi connectivity index (χ4n) is 1.21. The van der Waals surface area contributed by atoms with Gasteiger partial charge in [-0.15, -0.1) is 0 Å². The number of hydrogen-bond donors (Lipinski definition) is 1. The minimum Gasteiger partial charge on any atom is -0.330 e. The zero-order chi connectivity index (χ0) is 6.69. The van der Waals surface area contributed by atoms with Crippen molar-refractivity contribution in [2.45, 2.75) is 12.8 Å². The van der Waals surface area contributed by atoms with E-state index in [0.717, 1.165) is 12.5 Å². The lowest BCUT2D eigenvalue weighted by Crippen LogP contribution is -2.32. The Kier molecular flexibility index (Phi) is 3.21. The minimum absolute atomic E-state index is 0.760. The first kappa shape index (κ1) is 7.75. The Balaban J connectivity index is 2.23. The Labute approximate surface area is 70.3 Å². The van der Waals surface area contributed by atoms with Crippen LogP contribution in [0.1, 0.15) is 12.8 Å². The second kappa shape index (κ2) is 3.73. The zero-order valence-corrected chi connectivity index (χ0v) is 7.67. The van der Waals surface area contributed by atoms with Gasteiger partial charge in [-0.1, -0.05) is 0 Å². The number of halogens is 1. The highest BCUT2D eigenvalue weighted by Crippen LogP contribution is 2.17. The molecular weight excluding hydrogens is 227 g/mol. The number of hydrogen-bond acceptors (Lipinski definition) is 2. The van der Waals surface area contributed by atoms with E-state index in [1.165, 1.54) is 25.9 Å². The van der Waals surface area contributed by atoms with Gasteiger partial charge < -0.3 is 5.73 Å². The smallest absolute Gasteiger partial charge is 0.0201 e. The Morgan fingerprint density at radius 1 is 1.67 bits per heavy atom. The molecule has 0 bridgehead atoms. The number of piperidine rings is 1. The molecule has 54 valence electrons. The first-order valence-corrected chi connectivity index (χ1v) is 4.40. The van der Waals surface area contributed by atoms with Crippen molar-refractivity contribution in [1.29, 1.82) is 0 Å². The maximum Gasteiger partial charge on any atom is 0.0201 e. The summed E-state index contributed by atoms with van der Waals surface area (Å²) in [5.41, 5.74) is 5.54. The van der Waals surface area contributed by atoms with E-state index in [1.54, 1.807) is 0 Å². The quantitative estimate of drug-likeness (QED) is 0.547. The molecule has 1 aliphatic heterocycles. The fraction of sp³-hybridized carbons (Fsp3) is 1.00. The highest BCUT2D eigenvalue weighted by Gasteiger charge is 2.15. The summed E-state index contributed by atoms with van der Waals surface area (Å²) in [6.45, 7) is 3.30. The molecule has 0 amide bonds. The molecule has 1 heterocycles. The molecule has 0 radical (unpaired) electrons. The summed E-state index contributed by atoms with van der Waals surface area (Å²) in [7, 11) is 0. The molecule has 0 aromatic carbocycles. The third-order valence-electron chi connectivity index (χ3n) is 1.80. The molecule has 1 saturated heterocycles. The highest BCUT2D eigenvalue weighted by atomic mass is 127. The van der Waals surface area contributed by atoms with Crippen LogP contribution in [0.25, 0.3) is 0 Å². The van der Waals surface area contributed by atoms with E-state index in [2.05, 4.69) is 26.0 Å². The van der Waals surface area contributed by atoms with Crippen LogP contribution in [0.4, 0.5) is 0 Å². The second-order valence-electron chi connectivity index (χ2n) is 2.61. The third-order valence-corrected chi connectivity index (χ3v) is 2.68. The zero-order valence-electron chi connectivity index (χ0n) is 5.52. The van der Waals surface area contributed by atoms with E-state index >= 15 is 0 Å². The minimum atomic E-state index is 0.760. The highest BCUT2D eigenvalue weighted by molar-refractivity contribution is 14.1. The van der Waals surface area contributed by atoms with Crippen molar-refractivity contribution < 1.29 is 0 Å². The van der Waals surface area contributed by atoms with Crippen LogP contribution in [0, 0.1) is 5.92 Å². The number of rotatable bonds is 1. The molecule has 2 N–H and O–H groups in total. The molecule has 1 unspecified atom stereocenters. The summed E-state index contributed by atoms with van der Waals surface area (Å²) in [5, 5.41) is 0. The summed E-state index contributed by atoms with van der Waals surface area (Å²) in [5.74, 6) is 0.760. The van der Waals surface area contributed by atoms with Crippen molar-refractivity contribution in [3.05, 3.63) is 0 Å². The van der Waals surface area contributed by atoms with Gasteiger partial charge in [-0.3, -0.25) is 0 Å². The lowest BCUT2D eigenvalue weighted by Gasteiger charge is -2.26. The molecule has 0 saturated carbocycles. The first-order chi connectivity index (χ1) is 4.33. The van der Waals surface area contributed by atoms with Crippen molar-refractivity contribution in [3.63, 3.8) is 0 Å². The molecule has 2 nitrogen and oxygen atoms in total. The van der Waals surface area contributed by atoms with Crippen LogP contribution in [0.2, 0.25) is 0 Å². The Morgan fingerprint density at radius 2 is 2.44 bits per heavy atom. The van der Waals surface area contributed by atoms with Gasteiger partial charge in [0.1, 0.15) is 0 Å². The van der Waals surface area contributed by atoms with Crippen LogP contribution in [0.15, 0.2) is 0 Å². The Hall–Kier alpha value is 0.650. The molecular formula is C6H13IN2. The summed E-state index contributed by atoms with van der Waals surface area (Å²) < 4.78 is 2.33. The Bertz CT molecular complexity index is 87.1. The molecule has 1 fully saturated rings. The number of nitrogens with zero attached hydrogens (tertiary/aromatic N) is 1. The maximum atomic E-state index is 5.54. The van der Waals surface area contributed by atoms with Crippen LogP contribution in [0.3, 0.4) is 0 Å². The molecule has 3 heteroatoms. The molecule has 1 rings (SSSR count). The normalized spacial score (nSPS) is 30.7. The molecule has 1 atom stereocenters. The monoisotopic (exact) mass is 240 g/mol. The van der Waals surface area contributed by atoms with Crippen LogP contribution in [0.5, 0.6) is 0 Å². The summed E-state index contributed by atoms with van der Waals surface area (Å²) >= 11 is 2.37. The van der Waals surface area contributed by atoms with Gasteiger partial charge in [0.15, 0.2) is 0 Å². The van der Waals surface area contributed by atoms with Gasteiger partial charge in [-0.2, -0.15) is 0 Å². The van der Waals surface area contributed by atoms with E-state index in [0.29, 0.717) is 0 Å². The van der Waals surface area contributed by atoms with Gasteiger partial charge >= 0.3 is 0 Å². The van der Waals surface area contributed by atoms with E-state index in [9.17, 15) is 0 Å². The van der Waals surface area contributed by atoms with Crippen molar-refractivity contribution >= 4 is 22.9 Å². The summed E-state index contributed by atoms with van der Waals surface area (Å²) in [6, 6.07) is 0. The van der Waals surface area contributed by atoms with Crippen LogP contribution < -0.4 is 5.73 Å². The standard InChI is InChI=1S/C6H13IN2/c7-9-3-1-2-6(4-8)5-9/h6H,1-5,8H2. The second-order valence-corrected chi connectivity index (χ2v) is 3.98. The molecule has 0 aromatic rings. The molecule has 0 spiro atoms. The number of nitrogens with two attached hydrogens (primary N) is 1. The van der Waals surface area contributed by atoms with Gasteiger partial charge in [0.2, 0.25) is 0 Å². The summed E-state index contributed by atoms with van der Waals surface area (Å²) in [6.07, 6.45) is 2.65. The van der Waals surface area contributed by atoms with Crippen molar-refractivity contribution in [1.82, 2.24) is 3.11 Å². The average molecular weight is 240 g/mol. The molecule has 0 aromatic heterocycles. The SMILES string of the molecule is NCC1CCCN(I)C1. The van der Waals surface area contributed by atoms with Gasteiger partial charge in [-0.05, 0) is 25.3 Å². The van der Waals surface area contributed by atoms with E-state index in [-0.39, 0.29) is 0 Å². The lowest BCUT2D eigenvalue weighted by atomic mass is 10.0. The third kappa shape index (κ3) is 2.39. The van der Waals surface area contributed by atoms with Crippen molar-refractivity contribution in [2.24, 2.45) is 11.7 Å². The van der Waals surface area contributed by atoms with Crippen LogP contribution in [-0.4, -0.2) is 22.7 Å². The van der Waals surface area contributed by atoms with Gasteiger partial charge in [0, 0.05) is 36.0 Å². The van der Waals surface area contributed by atoms with Crippen molar-refractivity contribution in [2.75, 3.05) is 19.6 Å². The van der Waals surface area contributed by atoms with Crippen LogP contribution in [-0.2, 0) is 0 Å². The largest absolute Gasteiger partial charge is 0.330 e. The van der Waals surface area contributed by atoms with E-state index in [4.69, 9.17) is 5.73 Å². The van der Waals surface area contributed by atoms with Gasteiger partial charge in [0.05, 0.1) is 0 Å². The van der Waals surface area contributed by atoms with Gasteiger partial charge in [-0.25, -0.2) is 3.11 Å². The first-order valence-electron chi connectivity index (χ1n) is 3.43. The average Bonchev–Trinajstić information content (AvgIpc) is 1.88. The lowest BCUT2D eigenvalue weighted by molar-refractivity contribution is 0.309. The fourth-order valence-corrected chi connectivity index (χ4v) is 2.10. The van der Waals surface area contributed by atoms with E-state index in [1.807, 2.05) is 0 Å². The van der Waals surface area contributed by atoms with Gasteiger partial charge in [0.25, 0.3) is 0 Å². The predicted octanol–water partition coefficient (Wildman–Crippen LogP) is 1.01. The van der Waals surface area contributed by atoms with E-state index < -0.39 is 0 Å². The van der Waals surface area contributed by atoms with Crippen LogP contribution >= 0.6 is 22.9 Å². The summed E-state index contributed by atoms with van der Waals surface area (Å²) in [4.78, 5) is 0. The molecule has 1 aliphatic rings. The van der Waals surface area contributed by atoms with Crippen molar-refractivity contribution in [3.8, 4) is 0 Å². The molecule has 9 heavy (non-hydrogen) atoms. The topological polar surface area (TPSA) is 29.3 Å². The predicted molar refractivity (Wildman–Crippen MR) is 47.4 cm³/mol. The maximum absolute atomic E-state index is 5.54. The Morgan fingerprint density at radius 3 is 2.89 bits per heavy atom.